The highest BCUT2D eigenvalue weighted by atomic mass is 35.5. The van der Waals surface area contributed by atoms with Crippen LogP contribution in [0.5, 0.6) is 0 Å². The Morgan fingerprint density at radius 2 is 2.20 bits per heavy atom. The lowest BCUT2D eigenvalue weighted by atomic mass is 10.0. The van der Waals surface area contributed by atoms with Crippen molar-refractivity contribution >= 4 is 17.5 Å². The Morgan fingerprint density at radius 1 is 1.40 bits per heavy atom. The van der Waals surface area contributed by atoms with Gasteiger partial charge in [-0.1, -0.05) is 35.5 Å². The van der Waals surface area contributed by atoms with Crippen molar-refractivity contribution in [2.24, 2.45) is 0 Å². The summed E-state index contributed by atoms with van der Waals surface area (Å²) in [6.07, 6.45) is 3.09. The Morgan fingerprint density at radius 3 is 2.92 bits per heavy atom. The molecule has 5 nitrogen and oxygen atoms in total. The summed E-state index contributed by atoms with van der Waals surface area (Å²) in [5.74, 6) is 0.0585. The second-order valence-electron chi connectivity index (χ2n) is 6.65. The highest BCUT2D eigenvalue weighted by Crippen LogP contribution is 2.20. The highest BCUT2D eigenvalue weighted by molar-refractivity contribution is 6.29. The standard InChI is InChI=1S/C19H24ClN3O2/c1-14-17(19(20)25-22-14)9-10-18(24)21-16-8-5-11-23(13-16)12-15-6-3-2-4-7-15/h2-4,6-7,16H,5,8-13H2,1H3,(H,21,24). The molecule has 0 spiro atoms. The number of carbonyl (C=O) groups is 1. The van der Waals surface area contributed by atoms with E-state index in [2.05, 4.69) is 39.6 Å². The molecule has 25 heavy (non-hydrogen) atoms. The zero-order valence-corrected chi connectivity index (χ0v) is 15.3. The van der Waals surface area contributed by atoms with Crippen LogP contribution in [0.1, 0.15) is 36.1 Å². The second-order valence-corrected chi connectivity index (χ2v) is 6.99. The number of nitrogens with one attached hydrogen (secondary N) is 1. The Kier molecular flexibility index (Phi) is 6.10. The van der Waals surface area contributed by atoms with E-state index in [1.807, 2.05) is 13.0 Å². The number of aromatic nitrogens is 1. The Hall–Kier alpha value is -1.85. The number of likely N-dealkylation sites (tertiary alicyclic amines) is 1. The van der Waals surface area contributed by atoms with Crippen molar-refractivity contribution in [3.63, 3.8) is 0 Å². The molecular weight excluding hydrogens is 338 g/mol. The van der Waals surface area contributed by atoms with Gasteiger partial charge in [0.25, 0.3) is 0 Å². The smallest absolute Gasteiger partial charge is 0.229 e. The topological polar surface area (TPSA) is 58.4 Å². The number of nitrogens with zero attached hydrogens (tertiary/aromatic N) is 2. The molecule has 2 heterocycles. The quantitative estimate of drug-likeness (QED) is 0.857. The first-order valence-electron chi connectivity index (χ1n) is 8.78. The Labute approximate surface area is 153 Å². The fraction of sp³-hybridized carbons (Fsp3) is 0.474. The third-order valence-electron chi connectivity index (χ3n) is 4.66. The van der Waals surface area contributed by atoms with Crippen LogP contribution in [-0.2, 0) is 17.8 Å². The van der Waals surface area contributed by atoms with Gasteiger partial charge >= 0.3 is 0 Å². The summed E-state index contributed by atoms with van der Waals surface area (Å²) in [4.78, 5) is 14.7. The lowest BCUT2D eigenvalue weighted by Gasteiger charge is -2.33. The normalized spacial score (nSPS) is 18.2. The number of rotatable bonds is 6. The lowest BCUT2D eigenvalue weighted by molar-refractivity contribution is -0.122. The Bertz CT molecular complexity index is 682. The minimum Gasteiger partial charge on any atom is -0.352 e. The van der Waals surface area contributed by atoms with Crippen LogP contribution in [0.2, 0.25) is 5.22 Å². The highest BCUT2D eigenvalue weighted by Gasteiger charge is 2.22. The molecule has 0 bridgehead atoms. The first-order valence-corrected chi connectivity index (χ1v) is 9.16. The van der Waals surface area contributed by atoms with Crippen LogP contribution in [-0.4, -0.2) is 35.1 Å². The van der Waals surface area contributed by atoms with Gasteiger partial charge in [0, 0.05) is 31.1 Å². The number of hydrogen-bond acceptors (Lipinski definition) is 4. The maximum absolute atomic E-state index is 12.3. The van der Waals surface area contributed by atoms with Crippen molar-refractivity contribution < 1.29 is 9.32 Å². The van der Waals surface area contributed by atoms with E-state index < -0.39 is 0 Å². The van der Waals surface area contributed by atoms with E-state index in [4.69, 9.17) is 16.1 Å². The van der Waals surface area contributed by atoms with Gasteiger partial charge in [-0.15, -0.1) is 0 Å². The molecule has 134 valence electrons. The van der Waals surface area contributed by atoms with Crippen molar-refractivity contribution in [1.29, 1.82) is 0 Å². The van der Waals surface area contributed by atoms with Crippen LogP contribution in [0.15, 0.2) is 34.9 Å². The van der Waals surface area contributed by atoms with Crippen molar-refractivity contribution in [3.05, 3.63) is 52.4 Å². The predicted molar refractivity (Wildman–Crippen MR) is 97.5 cm³/mol. The average molecular weight is 362 g/mol. The van der Waals surface area contributed by atoms with Crippen molar-refractivity contribution in [2.75, 3.05) is 13.1 Å². The molecule has 1 saturated heterocycles. The number of piperidine rings is 1. The molecule has 6 heteroatoms. The second kappa shape index (κ2) is 8.50. The van der Waals surface area contributed by atoms with Crippen molar-refractivity contribution in [3.8, 4) is 0 Å². The molecule has 1 amide bonds. The third-order valence-corrected chi connectivity index (χ3v) is 4.96. The predicted octanol–water partition coefficient (Wildman–Crippen LogP) is 3.35. The van der Waals surface area contributed by atoms with Crippen LogP contribution >= 0.6 is 11.6 Å². The summed E-state index contributed by atoms with van der Waals surface area (Å²) >= 11 is 5.95. The molecule has 1 fully saturated rings. The van der Waals surface area contributed by atoms with E-state index in [0.29, 0.717) is 12.8 Å². The maximum Gasteiger partial charge on any atom is 0.229 e. The van der Waals surface area contributed by atoms with Gasteiger partial charge in [-0.2, -0.15) is 0 Å². The van der Waals surface area contributed by atoms with Crippen LogP contribution < -0.4 is 5.32 Å². The maximum atomic E-state index is 12.3. The number of hydrogen-bond donors (Lipinski definition) is 1. The van der Waals surface area contributed by atoms with E-state index in [0.717, 1.165) is 43.7 Å². The van der Waals surface area contributed by atoms with Gasteiger partial charge < -0.3 is 9.84 Å². The summed E-state index contributed by atoms with van der Waals surface area (Å²) in [6, 6.07) is 10.7. The largest absolute Gasteiger partial charge is 0.352 e. The van der Waals surface area contributed by atoms with E-state index in [9.17, 15) is 4.79 Å². The molecule has 1 N–H and O–H groups in total. The zero-order chi connectivity index (χ0) is 17.6. The van der Waals surface area contributed by atoms with Gasteiger partial charge in [0.15, 0.2) is 0 Å². The number of aryl methyl sites for hydroxylation is 1. The minimum atomic E-state index is 0.0585. The molecule has 1 unspecified atom stereocenters. The number of halogens is 1. The summed E-state index contributed by atoms with van der Waals surface area (Å²) in [7, 11) is 0. The fourth-order valence-corrected chi connectivity index (χ4v) is 3.60. The minimum absolute atomic E-state index is 0.0585. The zero-order valence-electron chi connectivity index (χ0n) is 14.5. The van der Waals surface area contributed by atoms with E-state index in [-0.39, 0.29) is 17.2 Å². The van der Waals surface area contributed by atoms with Gasteiger partial charge in [-0.25, -0.2) is 0 Å². The molecule has 1 aliphatic heterocycles. The van der Waals surface area contributed by atoms with Gasteiger partial charge in [0.2, 0.25) is 11.1 Å². The average Bonchev–Trinajstić information content (AvgIpc) is 2.92. The monoisotopic (exact) mass is 361 g/mol. The summed E-state index contributed by atoms with van der Waals surface area (Å²) in [6.45, 7) is 4.75. The van der Waals surface area contributed by atoms with E-state index >= 15 is 0 Å². The number of benzene rings is 1. The molecule has 0 aliphatic carbocycles. The molecule has 1 aliphatic rings. The molecule has 1 atom stereocenters. The summed E-state index contributed by atoms with van der Waals surface area (Å²) in [5, 5.41) is 7.26. The van der Waals surface area contributed by atoms with Gasteiger partial charge in [-0.05, 0) is 49.9 Å². The first kappa shape index (κ1) is 18.0. The van der Waals surface area contributed by atoms with Crippen LogP contribution in [0, 0.1) is 6.92 Å². The van der Waals surface area contributed by atoms with Gasteiger partial charge in [0.05, 0.1) is 5.69 Å². The molecule has 0 radical (unpaired) electrons. The molecule has 1 aromatic heterocycles. The molecular formula is C19H24ClN3O2. The van der Waals surface area contributed by atoms with Gasteiger partial charge in [0.1, 0.15) is 0 Å². The lowest BCUT2D eigenvalue weighted by Crippen LogP contribution is -2.47. The SMILES string of the molecule is Cc1noc(Cl)c1CCC(=O)NC1CCCN(Cc2ccccc2)C1. The summed E-state index contributed by atoms with van der Waals surface area (Å²) < 4.78 is 4.93. The van der Waals surface area contributed by atoms with E-state index in [1.165, 1.54) is 5.56 Å². The molecule has 2 aromatic rings. The summed E-state index contributed by atoms with van der Waals surface area (Å²) in [5.41, 5.74) is 2.89. The van der Waals surface area contributed by atoms with Gasteiger partial charge in [-0.3, -0.25) is 9.69 Å². The first-order chi connectivity index (χ1) is 12.1. The molecule has 3 rings (SSSR count). The van der Waals surface area contributed by atoms with Crippen LogP contribution in [0.4, 0.5) is 0 Å². The number of amides is 1. The van der Waals surface area contributed by atoms with Crippen LogP contribution in [0.25, 0.3) is 0 Å². The molecule has 0 saturated carbocycles. The van der Waals surface area contributed by atoms with Crippen LogP contribution in [0.3, 0.4) is 0 Å². The third kappa shape index (κ3) is 5.06. The van der Waals surface area contributed by atoms with E-state index in [1.54, 1.807) is 0 Å². The van der Waals surface area contributed by atoms with Crippen molar-refractivity contribution in [2.45, 2.75) is 45.2 Å². The fourth-order valence-electron chi connectivity index (χ4n) is 3.34. The Balaban J connectivity index is 1.46. The molecule has 1 aromatic carbocycles. The van der Waals surface area contributed by atoms with Crippen molar-refractivity contribution in [1.82, 2.24) is 15.4 Å². The number of carbonyl (C=O) groups excluding carboxylic acids is 1.